The van der Waals surface area contributed by atoms with E-state index >= 15 is 0 Å². The van der Waals surface area contributed by atoms with E-state index in [0.717, 1.165) is 30.5 Å². The fourth-order valence-corrected chi connectivity index (χ4v) is 3.58. The molecule has 2 amide bonds. The Morgan fingerprint density at radius 2 is 2.19 bits per heavy atom. The molecule has 26 heavy (non-hydrogen) atoms. The van der Waals surface area contributed by atoms with Gasteiger partial charge in [-0.3, -0.25) is 9.82 Å². The number of benzene rings is 1. The molecular formula is C16H22N6O3S. The van der Waals surface area contributed by atoms with Crippen molar-refractivity contribution in [1.82, 2.24) is 20.1 Å². The summed E-state index contributed by atoms with van der Waals surface area (Å²) in [5, 5.41) is 9.62. The second kappa shape index (κ2) is 7.32. The summed E-state index contributed by atoms with van der Waals surface area (Å²) in [5.41, 5.74) is 1.83. The van der Waals surface area contributed by atoms with E-state index in [9.17, 15) is 13.2 Å². The Labute approximate surface area is 152 Å². The Morgan fingerprint density at radius 1 is 1.38 bits per heavy atom. The maximum absolute atomic E-state index is 12.7. The number of aromatic amines is 1. The fourth-order valence-electron chi connectivity index (χ4n) is 3.02. The lowest BCUT2D eigenvalue weighted by molar-refractivity contribution is 0.191. The van der Waals surface area contributed by atoms with Gasteiger partial charge in [-0.25, -0.2) is 18.2 Å². The summed E-state index contributed by atoms with van der Waals surface area (Å²) in [4.78, 5) is 18.6. The molecule has 10 heteroatoms. The Morgan fingerprint density at radius 3 is 2.88 bits per heavy atom. The third-order valence-electron chi connectivity index (χ3n) is 4.31. The van der Waals surface area contributed by atoms with Gasteiger partial charge < -0.3 is 10.2 Å². The van der Waals surface area contributed by atoms with Crippen LogP contribution in [0.1, 0.15) is 30.1 Å². The first-order valence-electron chi connectivity index (χ1n) is 8.31. The number of carbonyl (C=O) groups excluding carboxylic acids is 1. The number of aromatic nitrogens is 3. The molecule has 140 valence electrons. The Balaban J connectivity index is 1.70. The summed E-state index contributed by atoms with van der Waals surface area (Å²) in [6, 6.07) is 4.82. The molecule has 1 fully saturated rings. The normalized spacial score (nSPS) is 17.8. The molecular weight excluding hydrogens is 356 g/mol. The van der Waals surface area contributed by atoms with Gasteiger partial charge in [-0.2, -0.15) is 5.10 Å². The van der Waals surface area contributed by atoms with E-state index in [1.54, 1.807) is 23.1 Å². The zero-order chi connectivity index (χ0) is 18.7. The number of amides is 2. The van der Waals surface area contributed by atoms with Gasteiger partial charge in [0.25, 0.3) is 0 Å². The molecule has 3 rings (SSSR count). The zero-order valence-electron chi connectivity index (χ0n) is 14.7. The van der Waals surface area contributed by atoms with Crippen LogP contribution in [0, 0.1) is 6.92 Å². The lowest BCUT2D eigenvalue weighted by Crippen LogP contribution is -2.42. The minimum Gasteiger partial charge on any atom is -0.324 e. The van der Waals surface area contributed by atoms with Crippen LogP contribution in [-0.2, 0) is 10.0 Å². The SMILES string of the molecule is Cc1ccc(NS(C)(=O)=O)cc1NC(=O)N1CCCC(c2ncn[nH]2)C1. The van der Waals surface area contributed by atoms with E-state index in [4.69, 9.17) is 0 Å². The van der Waals surface area contributed by atoms with E-state index in [0.29, 0.717) is 24.5 Å². The lowest BCUT2D eigenvalue weighted by atomic mass is 9.98. The van der Waals surface area contributed by atoms with Crippen molar-refractivity contribution < 1.29 is 13.2 Å². The first-order valence-corrected chi connectivity index (χ1v) is 10.2. The average Bonchev–Trinajstić information content (AvgIpc) is 3.11. The number of nitrogens with zero attached hydrogens (tertiary/aromatic N) is 3. The van der Waals surface area contributed by atoms with Gasteiger partial charge >= 0.3 is 6.03 Å². The predicted octanol–water partition coefficient (Wildman–Crippen LogP) is 1.90. The van der Waals surface area contributed by atoms with Crippen molar-refractivity contribution >= 4 is 27.4 Å². The average molecular weight is 378 g/mol. The third-order valence-corrected chi connectivity index (χ3v) is 4.92. The maximum Gasteiger partial charge on any atom is 0.321 e. The molecule has 0 aliphatic carbocycles. The van der Waals surface area contributed by atoms with Crippen molar-refractivity contribution in [3.05, 3.63) is 35.9 Å². The lowest BCUT2D eigenvalue weighted by Gasteiger charge is -2.31. The van der Waals surface area contributed by atoms with Crippen LogP contribution < -0.4 is 10.0 Å². The largest absolute Gasteiger partial charge is 0.324 e. The topological polar surface area (TPSA) is 120 Å². The molecule has 3 N–H and O–H groups in total. The second-order valence-electron chi connectivity index (χ2n) is 6.49. The highest BCUT2D eigenvalue weighted by molar-refractivity contribution is 7.92. The number of urea groups is 1. The minimum absolute atomic E-state index is 0.135. The van der Waals surface area contributed by atoms with Gasteiger partial charge in [0.1, 0.15) is 12.2 Å². The summed E-state index contributed by atoms with van der Waals surface area (Å²) >= 11 is 0. The number of aryl methyl sites for hydroxylation is 1. The molecule has 0 bridgehead atoms. The van der Waals surface area contributed by atoms with Crippen LogP contribution in [-0.4, -0.2) is 53.9 Å². The monoisotopic (exact) mass is 378 g/mol. The maximum atomic E-state index is 12.7. The molecule has 1 saturated heterocycles. The van der Waals surface area contributed by atoms with E-state index < -0.39 is 10.0 Å². The highest BCUT2D eigenvalue weighted by Crippen LogP contribution is 2.26. The molecule has 2 heterocycles. The smallest absolute Gasteiger partial charge is 0.321 e. The Hall–Kier alpha value is -2.62. The number of anilines is 2. The van der Waals surface area contributed by atoms with Crippen molar-refractivity contribution in [2.45, 2.75) is 25.7 Å². The van der Waals surface area contributed by atoms with E-state index in [-0.39, 0.29) is 11.9 Å². The number of piperidine rings is 1. The van der Waals surface area contributed by atoms with Gasteiger partial charge in [0.05, 0.1) is 11.9 Å². The molecule has 1 aliphatic heterocycles. The number of hydrogen-bond acceptors (Lipinski definition) is 5. The highest BCUT2D eigenvalue weighted by Gasteiger charge is 2.26. The highest BCUT2D eigenvalue weighted by atomic mass is 32.2. The second-order valence-corrected chi connectivity index (χ2v) is 8.24. The van der Waals surface area contributed by atoms with Gasteiger partial charge in [0.2, 0.25) is 10.0 Å². The van der Waals surface area contributed by atoms with Crippen LogP contribution in [0.15, 0.2) is 24.5 Å². The van der Waals surface area contributed by atoms with Gasteiger partial charge in [-0.15, -0.1) is 0 Å². The van der Waals surface area contributed by atoms with E-state index in [1.807, 2.05) is 6.92 Å². The van der Waals surface area contributed by atoms with Crippen molar-refractivity contribution in [1.29, 1.82) is 0 Å². The molecule has 1 aromatic heterocycles. The molecule has 0 radical (unpaired) electrons. The molecule has 9 nitrogen and oxygen atoms in total. The number of nitrogens with one attached hydrogen (secondary N) is 3. The fraction of sp³-hybridized carbons (Fsp3) is 0.438. The van der Waals surface area contributed by atoms with Crippen molar-refractivity contribution in [2.75, 3.05) is 29.4 Å². The Bertz CT molecular complexity index is 881. The van der Waals surface area contributed by atoms with Gasteiger partial charge in [-0.05, 0) is 37.5 Å². The van der Waals surface area contributed by atoms with Gasteiger partial charge in [-0.1, -0.05) is 6.07 Å². The van der Waals surface area contributed by atoms with Crippen LogP contribution >= 0.6 is 0 Å². The summed E-state index contributed by atoms with van der Waals surface area (Å²) in [7, 11) is -3.38. The molecule has 1 unspecified atom stereocenters. The number of hydrogen-bond donors (Lipinski definition) is 3. The number of carbonyl (C=O) groups is 1. The molecule has 1 atom stereocenters. The number of sulfonamides is 1. The molecule has 0 saturated carbocycles. The van der Waals surface area contributed by atoms with Crippen molar-refractivity contribution in [3.63, 3.8) is 0 Å². The quantitative estimate of drug-likeness (QED) is 0.750. The summed E-state index contributed by atoms with van der Waals surface area (Å²) in [6.07, 6.45) is 4.39. The minimum atomic E-state index is -3.38. The molecule has 2 aromatic rings. The van der Waals surface area contributed by atoms with Crippen LogP contribution in [0.3, 0.4) is 0 Å². The molecule has 0 spiro atoms. The first kappa shape index (κ1) is 18.2. The Kier molecular flexibility index (Phi) is 5.12. The van der Waals surface area contributed by atoms with E-state index in [1.165, 1.54) is 6.33 Å². The van der Waals surface area contributed by atoms with Crippen LogP contribution in [0.25, 0.3) is 0 Å². The standard InChI is InChI=1S/C16H22N6O3S/c1-11-5-6-13(21-26(2,24)25)8-14(11)19-16(23)22-7-3-4-12(9-22)15-17-10-18-20-15/h5-6,8,10,12,21H,3-4,7,9H2,1-2H3,(H,19,23)(H,17,18,20). The van der Waals surface area contributed by atoms with Crippen molar-refractivity contribution in [2.24, 2.45) is 0 Å². The molecule has 1 aliphatic rings. The van der Waals surface area contributed by atoms with Gasteiger partial charge in [0.15, 0.2) is 0 Å². The zero-order valence-corrected chi connectivity index (χ0v) is 15.5. The third kappa shape index (κ3) is 4.51. The summed E-state index contributed by atoms with van der Waals surface area (Å²) < 4.78 is 25.2. The van der Waals surface area contributed by atoms with E-state index in [2.05, 4.69) is 25.2 Å². The first-order chi connectivity index (χ1) is 12.3. The summed E-state index contributed by atoms with van der Waals surface area (Å²) in [5.74, 6) is 0.925. The van der Waals surface area contributed by atoms with Gasteiger partial charge in [0, 0.05) is 24.7 Å². The number of H-pyrrole nitrogens is 1. The number of rotatable bonds is 4. The van der Waals surface area contributed by atoms with Crippen LogP contribution in [0.4, 0.5) is 16.2 Å². The number of likely N-dealkylation sites (tertiary alicyclic amines) is 1. The van der Waals surface area contributed by atoms with Crippen LogP contribution in [0.5, 0.6) is 0 Å². The molecule has 1 aromatic carbocycles. The predicted molar refractivity (Wildman–Crippen MR) is 98.6 cm³/mol. The van der Waals surface area contributed by atoms with Crippen molar-refractivity contribution in [3.8, 4) is 0 Å². The van der Waals surface area contributed by atoms with Crippen LogP contribution in [0.2, 0.25) is 0 Å². The summed E-state index contributed by atoms with van der Waals surface area (Å²) in [6.45, 7) is 3.07.